The number of hydrogen-bond acceptors (Lipinski definition) is 4. The van der Waals surface area contributed by atoms with E-state index < -0.39 is 0 Å². The maximum Gasteiger partial charge on any atom is 0.226 e. The van der Waals surface area contributed by atoms with Gasteiger partial charge in [0.05, 0.1) is 12.5 Å². The van der Waals surface area contributed by atoms with Crippen molar-refractivity contribution in [3.8, 4) is 11.5 Å². The van der Waals surface area contributed by atoms with Crippen LogP contribution in [0.2, 0.25) is 0 Å². The van der Waals surface area contributed by atoms with Crippen LogP contribution in [-0.4, -0.2) is 37.6 Å². The van der Waals surface area contributed by atoms with Crippen LogP contribution in [0.3, 0.4) is 0 Å². The summed E-state index contributed by atoms with van der Waals surface area (Å²) >= 11 is 0. The van der Waals surface area contributed by atoms with Crippen molar-refractivity contribution in [3.63, 3.8) is 0 Å². The minimum Gasteiger partial charge on any atom is -0.493 e. The van der Waals surface area contributed by atoms with Gasteiger partial charge in [-0.3, -0.25) is 9.69 Å². The largest absolute Gasteiger partial charge is 0.493 e. The molecule has 0 atom stereocenters. The highest BCUT2D eigenvalue weighted by atomic mass is 16.5. The van der Waals surface area contributed by atoms with Crippen molar-refractivity contribution >= 4 is 5.91 Å². The standard InChI is InChI=1S/C24H30N2O3/c1-28-21-9-8-20(16-22(21)29-18-19-6-3-2-4-7-19)17-26-14-11-24(12-15-26)10-5-13-25-23(24)27/h2-4,6-9,16H,5,10-15,17-18H2,1H3,(H,25,27). The van der Waals surface area contributed by atoms with Crippen molar-refractivity contribution in [2.45, 2.75) is 38.8 Å². The molecule has 0 aromatic heterocycles. The van der Waals surface area contributed by atoms with Gasteiger partial charge < -0.3 is 14.8 Å². The molecule has 0 radical (unpaired) electrons. The predicted molar refractivity (Wildman–Crippen MR) is 113 cm³/mol. The molecule has 4 rings (SSSR count). The molecule has 154 valence electrons. The van der Waals surface area contributed by atoms with E-state index in [0.29, 0.717) is 6.61 Å². The molecule has 1 N–H and O–H groups in total. The maximum atomic E-state index is 12.4. The Hall–Kier alpha value is -2.53. The van der Waals surface area contributed by atoms with E-state index in [4.69, 9.17) is 9.47 Å². The molecule has 2 aromatic rings. The van der Waals surface area contributed by atoms with Crippen LogP contribution in [0.25, 0.3) is 0 Å². The lowest BCUT2D eigenvalue weighted by atomic mass is 9.72. The number of amides is 1. The van der Waals surface area contributed by atoms with Gasteiger partial charge in [-0.1, -0.05) is 36.4 Å². The van der Waals surface area contributed by atoms with Crippen LogP contribution in [0.4, 0.5) is 0 Å². The average Bonchev–Trinajstić information content (AvgIpc) is 2.77. The summed E-state index contributed by atoms with van der Waals surface area (Å²) in [5, 5.41) is 3.07. The number of carbonyl (C=O) groups is 1. The SMILES string of the molecule is COc1ccc(CN2CCC3(CCCNC3=O)CC2)cc1OCc1ccccc1. The first-order valence-corrected chi connectivity index (χ1v) is 10.5. The van der Waals surface area contributed by atoms with E-state index in [1.165, 1.54) is 5.56 Å². The summed E-state index contributed by atoms with van der Waals surface area (Å²) in [5.74, 6) is 1.79. The predicted octanol–water partition coefficient (Wildman–Crippen LogP) is 3.77. The third-order valence-electron chi connectivity index (χ3n) is 6.28. The van der Waals surface area contributed by atoms with E-state index in [2.05, 4.69) is 34.5 Å². The van der Waals surface area contributed by atoms with Crippen LogP contribution in [0.15, 0.2) is 48.5 Å². The van der Waals surface area contributed by atoms with E-state index in [1.54, 1.807) is 7.11 Å². The third-order valence-corrected chi connectivity index (χ3v) is 6.28. The van der Waals surface area contributed by atoms with Crippen LogP contribution in [0.1, 0.15) is 36.8 Å². The Bertz CT molecular complexity index is 829. The monoisotopic (exact) mass is 394 g/mol. The highest BCUT2D eigenvalue weighted by Gasteiger charge is 2.42. The number of ether oxygens (including phenoxy) is 2. The summed E-state index contributed by atoms with van der Waals surface area (Å²) in [5.41, 5.74) is 2.21. The smallest absolute Gasteiger partial charge is 0.226 e. The highest BCUT2D eigenvalue weighted by molar-refractivity contribution is 5.83. The zero-order valence-electron chi connectivity index (χ0n) is 17.2. The van der Waals surface area contributed by atoms with Crippen LogP contribution in [0.5, 0.6) is 11.5 Å². The Balaban J connectivity index is 1.38. The van der Waals surface area contributed by atoms with Crippen molar-refractivity contribution in [1.29, 1.82) is 0 Å². The molecule has 0 unspecified atom stereocenters. The molecule has 2 aliphatic rings. The quantitative estimate of drug-likeness (QED) is 0.810. The van der Waals surface area contributed by atoms with Crippen molar-refractivity contribution in [1.82, 2.24) is 10.2 Å². The van der Waals surface area contributed by atoms with Crippen LogP contribution >= 0.6 is 0 Å². The van der Waals surface area contributed by atoms with Crippen LogP contribution in [-0.2, 0) is 17.9 Å². The molecule has 5 nitrogen and oxygen atoms in total. The van der Waals surface area contributed by atoms with Gasteiger partial charge in [-0.15, -0.1) is 0 Å². The Morgan fingerprint density at radius 1 is 1.00 bits per heavy atom. The first-order valence-electron chi connectivity index (χ1n) is 10.5. The van der Waals surface area contributed by atoms with Crippen molar-refractivity contribution < 1.29 is 14.3 Å². The van der Waals surface area contributed by atoms with Gasteiger partial charge in [-0.05, 0) is 62.0 Å². The second-order valence-electron chi connectivity index (χ2n) is 8.18. The van der Waals surface area contributed by atoms with Crippen LogP contribution in [0, 0.1) is 5.41 Å². The number of benzene rings is 2. The molecule has 0 aliphatic carbocycles. The molecule has 5 heteroatoms. The number of likely N-dealkylation sites (tertiary alicyclic amines) is 1. The minimum atomic E-state index is -0.126. The fraction of sp³-hybridized carbons (Fsp3) is 0.458. The second-order valence-corrected chi connectivity index (χ2v) is 8.18. The fourth-order valence-corrected chi connectivity index (χ4v) is 4.47. The van der Waals surface area contributed by atoms with E-state index in [1.807, 2.05) is 24.3 Å². The second kappa shape index (κ2) is 8.87. The van der Waals surface area contributed by atoms with E-state index in [0.717, 1.165) is 68.9 Å². The summed E-state index contributed by atoms with van der Waals surface area (Å²) in [6, 6.07) is 16.3. The number of hydrogen-bond donors (Lipinski definition) is 1. The summed E-state index contributed by atoms with van der Waals surface area (Å²) in [4.78, 5) is 14.8. The number of methoxy groups -OCH3 is 1. The minimum absolute atomic E-state index is 0.126. The van der Waals surface area contributed by atoms with E-state index in [-0.39, 0.29) is 11.3 Å². The van der Waals surface area contributed by atoms with Gasteiger partial charge in [0, 0.05) is 13.1 Å². The number of rotatable bonds is 6. The molecule has 0 bridgehead atoms. The number of nitrogens with one attached hydrogen (secondary N) is 1. The van der Waals surface area contributed by atoms with E-state index in [9.17, 15) is 4.79 Å². The summed E-state index contributed by atoms with van der Waals surface area (Å²) < 4.78 is 11.5. The molecule has 0 saturated carbocycles. The van der Waals surface area contributed by atoms with Crippen molar-refractivity contribution in [2.75, 3.05) is 26.7 Å². The van der Waals surface area contributed by atoms with Gasteiger partial charge in [0.25, 0.3) is 0 Å². The Morgan fingerprint density at radius 3 is 2.52 bits per heavy atom. The van der Waals surface area contributed by atoms with Crippen molar-refractivity contribution in [3.05, 3.63) is 59.7 Å². The number of carbonyl (C=O) groups excluding carboxylic acids is 1. The summed E-state index contributed by atoms with van der Waals surface area (Å²) in [7, 11) is 1.67. The molecular weight excluding hydrogens is 364 g/mol. The Morgan fingerprint density at radius 2 is 1.79 bits per heavy atom. The zero-order valence-corrected chi connectivity index (χ0v) is 17.2. The third kappa shape index (κ3) is 4.56. The lowest BCUT2D eigenvalue weighted by Crippen LogP contribution is -2.51. The molecule has 2 fully saturated rings. The highest BCUT2D eigenvalue weighted by Crippen LogP contribution is 2.39. The van der Waals surface area contributed by atoms with Crippen LogP contribution < -0.4 is 14.8 Å². The lowest BCUT2D eigenvalue weighted by Gasteiger charge is -2.42. The summed E-state index contributed by atoms with van der Waals surface area (Å²) in [6.07, 6.45) is 4.04. The molecule has 2 aromatic carbocycles. The molecule has 29 heavy (non-hydrogen) atoms. The molecule has 2 heterocycles. The van der Waals surface area contributed by atoms with Gasteiger partial charge in [0.2, 0.25) is 5.91 Å². The first-order chi connectivity index (χ1) is 14.2. The van der Waals surface area contributed by atoms with Gasteiger partial charge in [0.1, 0.15) is 6.61 Å². The number of nitrogens with zero attached hydrogens (tertiary/aromatic N) is 1. The molecule has 1 spiro atoms. The number of piperidine rings is 2. The van der Waals surface area contributed by atoms with Gasteiger partial charge >= 0.3 is 0 Å². The lowest BCUT2D eigenvalue weighted by molar-refractivity contribution is -0.136. The molecular formula is C24H30N2O3. The molecule has 2 aliphatic heterocycles. The topological polar surface area (TPSA) is 50.8 Å². The van der Waals surface area contributed by atoms with Crippen molar-refractivity contribution in [2.24, 2.45) is 5.41 Å². The van der Waals surface area contributed by atoms with E-state index >= 15 is 0 Å². The first kappa shape index (κ1) is 19.8. The van der Waals surface area contributed by atoms with Gasteiger partial charge in [-0.25, -0.2) is 0 Å². The molecule has 2 saturated heterocycles. The fourth-order valence-electron chi connectivity index (χ4n) is 4.47. The Kier molecular flexibility index (Phi) is 6.05. The molecule has 1 amide bonds. The van der Waals surface area contributed by atoms with Gasteiger partial charge in [-0.2, -0.15) is 0 Å². The maximum absolute atomic E-state index is 12.4. The summed E-state index contributed by atoms with van der Waals surface area (Å²) in [6.45, 7) is 4.13. The Labute approximate surface area is 173 Å². The average molecular weight is 395 g/mol. The normalized spacial score (nSPS) is 19.0. The zero-order chi connectivity index (χ0) is 20.1. The van der Waals surface area contributed by atoms with Gasteiger partial charge in [0.15, 0.2) is 11.5 Å².